The van der Waals surface area contributed by atoms with Crippen LogP contribution in [-0.2, 0) is 17.6 Å². The molecule has 31 heavy (non-hydrogen) atoms. The van der Waals surface area contributed by atoms with Crippen LogP contribution in [0.1, 0.15) is 29.2 Å². The van der Waals surface area contributed by atoms with E-state index in [0.29, 0.717) is 16.6 Å². The number of carbonyl (C=O) groups is 1. The van der Waals surface area contributed by atoms with Gasteiger partial charge >= 0.3 is 0 Å². The lowest BCUT2D eigenvalue weighted by molar-refractivity contribution is -0.120. The maximum absolute atomic E-state index is 12.5. The lowest BCUT2D eigenvalue weighted by atomic mass is 10.1. The maximum atomic E-state index is 12.5. The van der Waals surface area contributed by atoms with Crippen LogP contribution in [0.5, 0.6) is 0 Å². The van der Waals surface area contributed by atoms with Gasteiger partial charge in [-0.1, -0.05) is 35.3 Å². The van der Waals surface area contributed by atoms with Gasteiger partial charge in [-0.3, -0.25) is 4.79 Å². The number of H-pyrrole nitrogens is 1. The minimum atomic E-state index is -0.0236. The van der Waals surface area contributed by atoms with Gasteiger partial charge in [0.25, 0.3) is 0 Å². The summed E-state index contributed by atoms with van der Waals surface area (Å²) in [5.74, 6) is 0.912. The van der Waals surface area contributed by atoms with Crippen molar-refractivity contribution in [3.05, 3.63) is 75.3 Å². The number of para-hydroxylation sites is 2. The second-order valence-corrected chi connectivity index (χ2v) is 8.30. The highest BCUT2D eigenvalue weighted by Crippen LogP contribution is 2.26. The lowest BCUT2D eigenvalue weighted by Gasteiger charge is -2.07. The fraction of sp³-hybridized carbons (Fsp3) is 0.261. The zero-order chi connectivity index (χ0) is 22.0. The molecule has 0 saturated heterocycles. The first kappa shape index (κ1) is 21.4. The van der Waals surface area contributed by atoms with E-state index in [1.807, 2.05) is 44.2 Å². The van der Waals surface area contributed by atoms with E-state index in [-0.39, 0.29) is 12.3 Å². The van der Waals surface area contributed by atoms with Crippen molar-refractivity contribution in [2.45, 2.75) is 33.1 Å². The summed E-state index contributed by atoms with van der Waals surface area (Å²) in [4.78, 5) is 20.4. The number of benzene rings is 2. The third-order valence-electron chi connectivity index (χ3n) is 5.28. The second-order valence-electron chi connectivity index (χ2n) is 7.49. The number of hydrogen-bond acceptors (Lipinski definition) is 3. The smallest absolute Gasteiger partial charge is 0.224 e. The molecule has 4 rings (SSSR count). The van der Waals surface area contributed by atoms with Crippen molar-refractivity contribution in [2.75, 3.05) is 6.54 Å². The Labute approximate surface area is 190 Å². The summed E-state index contributed by atoms with van der Waals surface area (Å²) in [7, 11) is 0. The Balaban J connectivity index is 1.34. The molecule has 4 aromatic rings. The van der Waals surface area contributed by atoms with E-state index in [2.05, 4.69) is 20.4 Å². The molecule has 1 amide bonds. The zero-order valence-electron chi connectivity index (χ0n) is 17.4. The van der Waals surface area contributed by atoms with Gasteiger partial charge in [0.2, 0.25) is 5.91 Å². The molecule has 160 valence electrons. The Hall–Kier alpha value is -2.83. The van der Waals surface area contributed by atoms with Crippen molar-refractivity contribution in [2.24, 2.45) is 0 Å². The first-order valence-electron chi connectivity index (χ1n) is 10.1. The van der Waals surface area contributed by atoms with Gasteiger partial charge in [0.1, 0.15) is 5.82 Å². The molecular weight excluding hydrogens is 433 g/mol. The summed E-state index contributed by atoms with van der Waals surface area (Å²) in [6.45, 7) is 4.45. The predicted octanol–water partition coefficient (Wildman–Crippen LogP) is 4.96. The first-order chi connectivity index (χ1) is 14.9. The fourth-order valence-corrected chi connectivity index (χ4v) is 3.92. The number of aromatic nitrogens is 4. The van der Waals surface area contributed by atoms with Crippen LogP contribution < -0.4 is 5.32 Å². The largest absolute Gasteiger partial charge is 0.356 e. The van der Waals surface area contributed by atoms with Crippen LogP contribution in [0.3, 0.4) is 0 Å². The molecule has 0 spiro atoms. The van der Waals surface area contributed by atoms with Gasteiger partial charge in [-0.15, -0.1) is 0 Å². The lowest BCUT2D eigenvalue weighted by Crippen LogP contribution is -2.26. The number of imidazole rings is 1. The van der Waals surface area contributed by atoms with Crippen molar-refractivity contribution in [1.29, 1.82) is 0 Å². The predicted molar refractivity (Wildman–Crippen MR) is 124 cm³/mol. The summed E-state index contributed by atoms with van der Waals surface area (Å²) < 4.78 is 1.79. The SMILES string of the molecule is Cc1nn(-c2ccc(Cl)c(Cl)c2)c(C)c1CC(=O)NCCCc1nc2ccccc2[nH]1. The molecule has 2 aromatic carbocycles. The van der Waals surface area contributed by atoms with E-state index in [4.69, 9.17) is 23.2 Å². The molecule has 2 N–H and O–H groups in total. The molecule has 0 aliphatic rings. The Morgan fingerprint density at radius 1 is 1.13 bits per heavy atom. The van der Waals surface area contributed by atoms with Crippen molar-refractivity contribution < 1.29 is 4.79 Å². The average molecular weight is 456 g/mol. The van der Waals surface area contributed by atoms with Gasteiger partial charge in [-0.25, -0.2) is 9.67 Å². The number of amides is 1. The van der Waals surface area contributed by atoms with E-state index in [9.17, 15) is 4.79 Å². The molecule has 6 nitrogen and oxygen atoms in total. The topological polar surface area (TPSA) is 75.6 Å². The van der Waals surface area contributed by atoms with E-state index in [1.165, 1.54) is 0 Å². The second kappa shape index (κ2) is 9.12. The highest BCUT2D eigenvalue weighted by Gasteiger charge is 2.16. The number of hydrogen-bond donors (Lipinski definition) is 2. The summed E-state index contributed by atoms with van der Waals surface area (Å²) >= 11 is 12.2. The van der Waals surface area contributed by atoms with Crippen molar-refractivity contribution in [1.82, 2.24) is 25.1 Å². The molecule has 2 aromatic heterocycles. The number of halogens is 2. The Kier molecular flexibility index (Phi) is 6.30. The number of aryl methyl sites for hydroxylation is 2. The molecule has 0 unspecified atom stereocenters. The van der Waals surface area contributed by atoms with Crippen LogP contribution in [-0.4, -0.2) is 32.2 Å². The zero-order valence-corrected chi connectivity index (χ0v) is 18.9. The molecule has 0 atom stereocenters. The minimum absolute atomic E-state index is 0.0236. The average Bonchev–Trinajstić information content (AvgIpc) is 3.29. The Morgan fingerprint density at radius 3 is 2.71 bits per heavy atom. The fourth-order valence-electron chi connectivity index (χ4n) is 3.63. The van der Waals surface area contributed by atoms with Crippen LogP contribution >= 0.6 is 23.2 Å². The van der Waals surface area contributed by atoms with Gasteiger partial charge in [-0.2, -0.15) is 5.10 Å². The molecule has 0 aliphatic heterocycles. The van der Waals surface area contributed by atoms with Crippen LogP contribution in [0, 0.1) is 13.8 Å². The summed E-state index contributed by atoms with van der Waals surface area (Å²) in [6.07, 6.45) is 1.87. The van der Waals surface area contributed by atoms with Crippen LogP contribution in [0.4, 0.5) is 0 Å². The molecule has 2 heterocycles. The highest BCUT2D eigenvalue weighted by molar-refractivity contribution is 6.42. The molecular formula is C23H23Cl2N5O. The van der Waals surface area contributed by atoms with Crippen molar-refractivity contribution in [3.8, 4) is 5.69 Å². The number of fused-ring (bicyclic) bond motifs is 1. The number of nitrogens with zero attached hydrogens (tertiary/aromatic N) is 3. The minimum Gasteiger partial charge on any atom is -0.356 e. The van der Waals surface area contributed by atoms with Gasteiger partial charge in [0, 0.05) is 24.2 Å². The maximum Gasteiger partial charge on any atom is 0.224 e. The van der Waals surface area contributed by atoms with Gasteiger partial charge < -0.3 is 10.3 Å². The van der Waals surface area contributed by atoms with Crippen LogP contribution in [0.15, 0.2) is 42.5 Å². The van der Waals surface area contributed by atoms with Crippen molar-refractivity contribution >= 4 is 40.1 Å². The summed E-state index contributed by atoms with van der Waals surface area (Å²) in [5, 5.41) is 8.55. The third-order valence-corrected chi connectivity index (χ3v) is 6.02. The van der Waals surface area contributed by atoms with Crippen LogP contribution in [0.2, 0.25) is 10.0 Å². The molecule has 0 radical (unpaired) electrons. The molecule has 0 fully saturated rings. The Bertz CT molecular complexity index is 1210. The summed E-state index contributed by atoms with van der Waals surface area (Å²) in [5.41, 5.74) is 5.46. The number of nitrogens with one attached hydrogen (secondary N) is 2. The first-order valence-corrected chi connectivity index (χ1v) is 10.9. The number of aromatic amines is 1. The van der Waals surface area contributed by atoms with Crippen molar-refractivity contribution in [3.63, 3.8) is 0 Å². The molecule has 8 heteroatoms. The van der Waals surface area contributed by atoms with E-state index >= 15 is 0 Å². The van der Waals surface area contributed by atoms with E-state index in [0.717, 1.165) is 52.3 Å². The Morgan fingerprint density at radius 2 is 1.94 bits per heavy atom. The van der Waals surface area contributed by atoms with Gasteiger partial charge in [-0.05, 0) is 50.6 Å². The highest BCUT2D eigenvalue weighted by atomic mass is 35.5. The normalized spacial score (nSPS) is 11.2. The summed E-state index contributed by atoms with van der Waals surface area (Å²) in [6, 6.07) is 13.3. The van der Waals surface area contributed by atoms with E-state index < -0.39 is 0 Å². The third kappa shape index (κ3) is 4.75. The van der Waals surface area contributed by atoms with Crippen LogP contribution in [0.25, 0.3) is 16.7 Å². The monoisotopic (exact) mass is 455 g/mol. The quantitative estimate of drug-likeness (QED) is 0.386. The number of carbonyl (C=O) groups excluding carboxylic acids is 1. The van der Waals surface area contributed by atoms with E-state index in [1.54, 1.807) is 16.8 Å². The van der Waals surface area contributed by atoms with Gasteiger partial charge in [0.15, 0.2) is 0 Å². The molecule has 0 bridgehead atoms. The standard InChI is InChI=1S/C23H23Cl2N5O/c1-14-17(15(2)30(29-14)16-9-10-18(24)19(25)12-16)13-23(31)26-11-5-8-22-27-20-6-3-4-7-21(20)28-22/h3-4,6-7,9-10,12H,5,8,11,13H2,1-2H3,(H,26,31)(H,27,28). The number of rotatable bonds is 7. The van der Waals surface area contributed by atoms with Gasteiger partial charge in [0.05, 0.1) is 38.9 Å². The molecule has 0 aliphatic carbocycles. The molecule has 0 saturated carbocycles.